The van der Waals surface area contributed by atoms with Crippen LogP contribution in [0.2, 0.25) is 5.02 Å². The van der Waals surface area contributed by atoms with Gasteiger partial charge < -0.3 is 10.5 Å². The topological polar surface area (TPSA) is 59.1 Å². The first kappa shape index (κ1) is 15.4. The quantitative estimate of drug-likeness (QED) is 0.607. The van der Waals surface area contributed by atoms with Gasteiger partial charge in [-0.3, -0.25) is 5.41 Å². The molecule has 0 heterocycles. The van der Waals surface area contributed by atoms with Crippen LogP contribution in [0.15, 0.2) is 42.5 Å². The summed E-state index contributed by atoms with van der Waals surface area (Å²) in [5.74, 6) is 1.78. The van der Waals surface area contributed by atoms with Crippen molar-refractivity contribution in [2.45, 2.75) is 26.2 Å². The van der Waals surface area contributed by atoms with Crippen molar-refractivity contribution in [3.8, 4) is 11.5 Å². The van der Waals surface area contributed by atoms with Gasteiger partial charge in [-0.25, -0.2) is 0 Å². The van der Waals surface area contributed by atoms with Crippen molar-refractivity contribution in [1.82, 2.24) is 0 Å². The summed E-state index contributed by atoms with van der Waals surface area (Å²) in [5.41, 5.74) is 7.20. The molecule has 0 fully saturated rings. The molecule has 2 aromatic carbocycles. The molecular formula is C17H19ClN2O. The number of nitrogen functional groups attached to an aromatic ring is 1. The first-order chi connectivity index (χ1) is 10.0. The number of para-hydroxylation sites is 1. The predicted molar refractivity (Wildman–Crippen MR) is 87.7 cm³/mol. The molecule has 0 aliphatic rings. The number of nitrogens with one attached hydrogen (secondary N) is 1. The fourth-order valence-electron chi connectivity index (χ4n) is 2.07. The molecule has 21 heavy (non-hydrogen) atoms. The molecule has 1 unspecified atom stereocenters. The largest absolute Gasteiger partial charge is 0.456 e. The van der Waals surface area contributed by atoms with E-state index in [4.69, 9.17) is 27.5 Å². The van der Waals surface area contributed by atoms with E-state index in [1.165, 1.54) is 0 Å². The lowest BCUT2D eigenvalue weighted by atomic mass is 9.98. The van der Waals surface area contributed by atoms with Crippen molar-refractivity contribution in [3.63, 3.8) is 0 Å². The number of benzene rings is 2. The van der Waals surface area contributed by atoms with E-state index in [9.17, 15) is 0 Å². The highest BCUT2D eigenvalue weighted by atomic mass is 35.5. The Morgan fingerprint density at radius 2 is 1.95 bits per heavy atom. The smallest absolute Gasteiger partial charge is 0.146 e. The van der Waals surface area contributed by atoms with Crippen molar-refractivity contribution in [2.24, 2.45) is 5.73 Å². The summed E-state index contributed by atoms with van der Waals surface area (Å²) in [4.78, 5) is 0. The highest BCUT2D eigenvalue weighted by Crippen LogP contribution is 2.35. The molecule has 0 amide bonds. The Bertz CT molecular complexity index is 655. The second-order valence-electron chi connectivity index (χ2n) is 5.01. The average Bonchev–Trinajstić information content (AvgIpc) is 2.49. The number of rotatable bonds is 5. The van der Waals surface area contributed by atoms with Gasteiger partial charge in [0.05, 0.1) is 5.02 Å². The SMILES string of the molecule is CCC(C)c1ccccc1Oc1ccc(C(=N)N)cc1Cl. The molecule has 0 spiro atoms. The molecule has 3 nitrogen and oxygen atoms in total. The lowest BCUT2D eigenvalue weighted by Crippen LogP contribution is -2.10. The van der Waals surface area contributed by atoms with E-state index in [0.717, 1.165) is 17.7 Å². The maximum absolute atomic E-state index is 7.42. The average molecular weight is 303 g/mol. The number of hydrogen-bond acceptors (Lipinski definition) is 2. The lowest BCUT2D eigenvalue weighted by Gasteiger charge is -2.16. The predicted octanol–water partition coefficient (Wildman–Crippen LogP) is 4.93. The normalized spacial score (nSPS) is 12.0. The minimum absolute atomic E-state index is 0.0107. The van der Waals surface area contributed by atoms with Crippen LogP contribution in [0.3, 0.4) is 0 Å². The Hall–Kier alpha value is -2.00. The number of halogens is 1. The second-order valence-corrected chi connectivity index (χ2v) is 5.42. The summed E-state index contributed by atoms with van der Waals surface area (Å²) in [6.45, 7) is 4.32. The molecule has 0 aliphatic heterocycles. The Labute approximate surface area is 130 Å². The van der Waals surface area contributed by atoms with Crippen LogP contribution in [-0.2, 0) is 0 Å². The lowest BCUT2D eigenvalue weighted by molar-refractivity contribution is 0.470. The first-order valence-corrected chi connectivity index (χ1v) is 7.31. The van der Waals surface area contributed by atoms with Gasteiger partial charge in [-0.2, -0.15) is 0 Å². The Kier molecular flexibility index (Phi) is 4.86. The van der Waals surface area contributed by atoms with Crippen LogP contribution < -0.4 is 10.5 Å². The summed E-state index contributed by atoms with van der Waals surface area (Å²) in [6, 6.07) is 13.1. The van der Waals surface area contributed by atoms with Gasteiger partial charge in [0, 0.05) is 5.56 Å². The van der Waals surface area contributed by atoms with Gasteiger partial charge in [0.25, 0.3) is 0 Å². The van der Waals surface area contributed by atoms with Crippen molar-refractivity contribution in [2.75, 3.05) is 0 Å². The Morgan fingerprint density at radius 3 is 2.57 bits per heavy atom. The van der Waals surface area contributed by atoms with Crippen molar-refractivity contribution in [1.29, 1.82) is 5.41 Å². The highest BCUT2D eigenvalue weighted by molar-refractivity contribution is 6.32. The van der Waals surface area contributed by atoms with Gasteiger partial charge in [0.1, 0.15) is 17.3 Å². The van der Waals surface area contributed by atoms with Crippen LogP contribution >= 0.6 is 11.6 Å². The van der Waals surface area contributed by atoms with Gasteiger partial charge >= 0.3 is 0 Å². The summed E-state index contributed by atoms with van der Waals surface area (Å²) in [5, 5.41) is 7.86. The Morgan fingerprint density at radius 1 is 1.24 bits per heavy atom. The van der Waals surface area contributed by atoms with Crippen molar-refractivity contribution < 1.29 is 4.74 Å². The van der Waals surface area contributed by atoms with E-state index in [2.05, 4.69) is 19.9 Å². The summed E-state index contributed by atoms with van der Waals surface area (Å²) >= 11 is 6.21. The summed E-state index contributed by atoms with van der Waals surface area (Å²) in [6.07, 6.45) is 1.04. The van der Waals surface area contributed by atoms with Gasteiger partial charge in [-0.1, -0.05) is 43.6 Å². The molecule has 3 N–H and O–H groups in total. The van der Waals surface area contributed by atoms with E-state index >= 15 is 0 Å². The fraction of sp³-hybridized carbons (Fsp3) is 0.235. The summed E-state index contributed by atoms with van der Waals surface area (Å²) in [7, 11) is 0. The van der Waals surface area contributed by atoms with Crippen molar-refractivity contribution >= 4 is 17.4 Å². The third kappa shape index (κ3) is 3.56. The maximum atomic E-state index is 7.42. The van der Waals surface area contributed by atoms with E-state index < -0.39 is 0 Å². The third-order valence-electron chi connectivity index (χ3n) is 3.53. The number of hydrogen-bond donors (Lipinski definition) is 2. The molecular weight excluding hydrogens is 284 g/mol. The second kappa shape index (κ2) is 6.64. The number of amidine groups is 1. The fourth-order valence-corrected chi connectivity index (χ4v) is 2.29. The van der Waals surface area contributed by atoms with Crippen LogP contribution in [0, 0.1) is 5.41 Å². The van der Waals surface area contributed by atoms with E-state index in [1.54, 1.807) is 18.2 Å². The van der Waals surface area contributed by atoms with Crippen LogP contribution in [0.1, 0.15) is 37.3 Å². The molecule has 4 heteroatoms. The minimum atomic E-state index is -0.0107. The molecule has 110 valence electrons. The Balaban J connectivity index is 2.33. The molecule has 0 radical (unpaired) electrons. The highest BCUT2D eigenvalue weighted by Gasteiger charge is 2.12. The van der Waals surface area contributed by atoms with Gasteiger partial charge in [0.2, 0.25) is 0 Å². The molecule has 0 saturated carbocycles. The minimum Gasteiger partial charge on any atom is -0.456 e. The van der Waals surface area contributed by atoms with Crippen LogP contribution in [-0.4, -0.2) is 5.84 Å². The molecule has 0 aromatic heterocycles. The zero-order chi connectivity index (χ0) is 15.4. The summed E-state index contributed by atoms with van der Waals surface area (Å²) < 4.78 is 5.95. The molecule has 2 rings (SSSR count). The first-order valence-electron chi connectivity index (χ1n) is 6.93. The standard InChI is InChI=1S/C17H19ClN2O/c1-3-11(2)13-6-4-5-7-15(13)21-16-9-8-12(17(19)20)10-14(16)18/h4-11H,3H2,1-2H3,(H3,19,20). The number of nitrogens with two attached hydrogens (primary N) is 1. The van der Waals surface area contributed by atoms with Crippen LogP contribution in [0.4, 0.5) is 0 Å². The van der Waals surface area contributed by atoms with Gasteiger partial charge in [-0.15, -0.1) is 0 Å². The van der Waals surface area contributed by atoms with E-state index in [1.807, 2.05) is 18.2 Å². The van der Waals surface area contributed by atoms with E-state index in [-0.39, 0.29) is 5.84 Å². The van der Waals surface area contributed by atoms with Gasteiger partial charge in [0.15, 0.2) is 0 Å². The van der Waals surface area contributed by atoms with E-state index in [0.29, 0.717) is 22.3 Å². The van der Waals surface area contributed by atoms with Crippen LogP contribution in [0.5, 0.6) is 11.5 Å². The molecule has 0 bridgehead atoms. The zero-order valence-electron chi connectivity index (χ0n) is 12.2. The van der Waals surface area contributed by atoms with Gasteiger partial charge in [-0.05, 0) is 42.2 Å². The molecule has 0 aliphatic carbocycles. The molecule has 1 atom stereocenters. The molecule has 2 aromatic rings. The third-order valence-corrected chi connectivity index (χ3v) is 3.82. The molecule has 0 saturated heterocycles. The number of ether oxygens (including phenoxy) is 1. The zero-order valence-corrected chi connectivity index (χ0v) is 12.9. The monoisotopic (exact) mass is 302 g/mol. The van der Waals surface area contributed by atoms with Crippen LogP contribution in [0.25, 0.3) is 0 Å². The van der Waals surface area contributed by atoms with Crippen molar-refractivity contribution in [3.05, 3.63) is 58.6 Å². The maximum Gasteiger partial charge on any atom is 0.146 e.